The number of hydrogen-bond donors (Lipinski definition) is 1. The fourth-order valence-electron chi connectivity index (χ4n) is 3.02. The molecule has 0 spiro atoms. The average Bonchev–Trinajstić information content (AvgIpc) is 2.39. The summed E-state index contributed by atoms with van der Waals surface area (Å²) in [6.45, 7) is 8.64. The molecule has 0 aromatic rings. The van der Waals surface area contributed by atoms with Crippen LogP contribution in [0.4, 0.5) is 0 Å². The van der Waals surface area contributed by atoms with E-state index in [0.717, 1.165) is 25.0 Å². The Labute approximate surface area is 114 Å². The summed E-state index contributed by atoms with van der Waals surface area (Å²) in [4.78, 5) is 0. The van der Waals surface area contributed by atoms with Gasteiger partial charge in [0, 0.05) is 6.61 Å². The third-order valence-corrected chi connectivity index (χ3v) is 4.58. The van der Waals surface area contributed by atoms with Crippen LogP contribution in [0.15, 0.2) is 0 Å². The number of rotatable bonds is 8. The topological polar surface area (TPSA) is 35.2 Å². The third-order valence-electron chi connectivity index (χ3n) is 4.58. The first-order valence-corrected chi connectivity index (χ1v) is 8.02. The molecule has 0 aromatic carbocycles. The van der Waals surface area contributed by atoms with Gasteiger partial charge in [-0.1, -0.05) is 46.5 Å². The van der Waals surface area contributed by atoms with Crippen molar-refractivity contribution in [2.45, 2.75) is 71.8 Å². The Morgan fingerprint density at radius 3 is 2.67 bits per heavy atom. The van der Waals surface area contributed by atoms with Gasteiger partial charge in [-0.2, -0.15) is 0 Å². The molecule has 0 saturated heterocycles. The van der Waals surface area contributed by atoms with Crippen molar-refractivity contribution in [3.8, 4) is 0 Å². The molecule has 0 radical (unpaired) electrons. The lowest BCUT2D eigenvalue weighted by atomic mass is 9.80. The van der Waals surface area contributed by atoms with Crippen LogP contribution in [-0.2, 0) is 4.74 Å². The lowest BCUT2D eigenvalue weighted by Crippen LogP contribution is -2.36. The highest BCUT2D eigenvalue weighted by molar-refractivity contribution is 4.80. The van der Waals surface area contributed by atoms with E-state index in [1.54, 1.807) is 0 Å². The van der Waals surface area contributed by atoms with E-state index in [2.05, 4.69) is 20.8 Å². The van der Waals surface area contributed by atoms with Gasteiger partial charge in [0.2, 0.25) is 0 Å². The van der Waals surface area contributed by atoms with E-state index < -0.39 is 0 Å². The third kappa shape index (κ3) is 5.27. The van der Waals surface area contributed by atoms with Crippen molar-refractivity contribution in [1.82, 2.24) is 0 Å². The monoisotopic (exact) mass is 255 g/mol. The maximum atomic E-state index is 6.23. The standard InChI is InChI=1S/C16H33NO/c1-4-6-7-14(5-2)12-18-16-10-13(3)8-9-15(16)11-17/h13-16H,4-12,17H2,1-3H3. The molecule has 1 rings (SSSR count). The van der Waals surface area contributed by atoms with Gasteiger partial charge in [-0.3, -0.25) is 0 Å². The molecule has 2 heteroatoms. The van der Waals surface area contributed by atoms with Crippen molar-refractivity contribution in [1.29, 1.82) is 0 Å². The fraction of sp³-hybridized carbons (Fsp3) is 1.00. The van der Waals surface area contributed by atoms with Gasteiger partial charge in [0.1, 0.15) is 0 Å². The number of ether oxygens (including phenoxy) is 1. The highest BCUT2D eigenvalue weighted by Gasteiger charge is 2.28. The minimum Gasteiger partial charge on any atom is -0.378 e. The Morgan fingerprint density at radius 1 is 1.28 bits per heavy atom. The molecule has 108 valence electrons. The van der Waals surface area contributed by atoms with Gasteiger partial charge < -0.3 is 10.5 Å². The molecule has 2 nitrogen and oxygen atoms in total. The lowest BCUT2D eigenvalue weighted by molar-refractivity contribution is -0.0374. The van der Waals surface area contributed by atoms with E-state index in [4.69, 9.17) is 10.5 Å². The van der Waals surface area contributed by atoms with Crippen molar-refractivity contribution in [3.05, 3.63) is 0 Å². The van der Waals surface area contributed by atoms with Gasteiger partial charge in [0.15, 0.2) is 0 Å². The van der Waals surface area contributed by atoms with Crippen LogP contribution in [0.3, 0.4) is 0 Å². The largest absolute Gasteiger partial charge is 0.378 e. The first kappa shape index (κ1) is 16.0. The second-order valence-corrected chi connectivity index (χ2v) is 6.20. The van der Waals surface area contributed by atoms with Crippen LogP contribution in [0.5, 0.6) is 0 Å². The maximum absolute atomic E-state index is 6.23. The Morgan fingerprint density at radius 2 is 2.06 bits per heavy atom. The summed E-state index contributed by atoms with van der Waals surface area (Å²) in [5.74, 6) is 2.17. The predicted octanol–water partition coefficient (Wildman–Crippen LogP) is 3.98. The molecule has 2 N–H and O–H groups in total. The van der Waals surface area contributed by atoms with Crippen LogP contribution in [0.25, 0.3) is 0 Å². The zero-order valence-electron chi connectivity index (χ0n) is 12.7. The molecule has 4 unspecified atom stereocenters. The second kappa shape index (κ2) is 8.92. The van der Waals surface area contributed by atoms with Gasteiger partial charge in [0.25, 0.3) is 0 Å². The number of nitrogens with two attached hydrogens (primary N) is 1. The molecule has 0 aromatic heterocycles. The molecule has 1 aliphatic carbocycles. The molecular weight excluding hydrogens is 222 g/mol. The zero-order valence-corrected chi connectivity index (χ0v) is 12.7. The van der Waals surface area contributed by atoms with Gasteiger partial charge in [-0.25, -0.2) is 0 Å². The van der Waals surface area contributed by atoms with Crippen LogP contribution in [-0.4, -0.2) is 19.3 Å². The van der Waals surface area contributed by atoms with E-state index in [1.807, 2.05) is 0 Å². The molecule has 1 fully saturated rings. The summed E-state index contributed by atoms with van der Waals surface area (Å²) >= 11 is 0. The van der Waals surface area contributed by atoms with Crippen molar-refractivity contribution in [2.75, 3.05) is 13.2 Å². The molecular formula is C16H33NO. The highest BCUT2D eigenvalue weighted by atomic mass is 16.5. The molecule has 0 aliphatic heterocycles. The smallest absolute Gasteiger partial charge is 0.0618 e. The van der Waals surface area contributed by atoms with E-state index in [0.29, 0.717) is 12.0 Å². The van der Waals surface area contributed by atoms with E-state index in [1.165, 1.54) is 44.9 Å². The Kier molecular flexibility index (Phi) is 7.92. The van der Waals surface area contributed by atoms with E-state index in [9.17, 15) is 0 Å². The molecule has 4 atom stereocenters. The van der Waals surface area contributed by atoms with E-state index >= 15 is 0 Å². The van der Waals surface area contributed by atoms with Crippen molar-refractivity contribution < 1.29 is 4.74 Å². The summed E-state index contributed by atoms with van der Waals surface area (Å²) in [6, 6.07) is 0. The zero-order chi connectivity index (χ0) is 13.4. The molecule has 1 saturated carbocycles. The van der Waals surface area contributed by atoms with Gasteiger partial charge >= 0.3 is 0 Å². The fourth-order valence-corrected chi connectivity index (χ4v) is 3.02. The quantitative estimate of drug-likeness (QED) is 0.712. The van der Waals surface area contributed by atoms with Gasteiger partial charge in [-0.15, -0.1) is 0 Å². The van der Waals surface area contributed by atoms with Gasteiger partial charge in [0.05, 0.1) is 6.10 Å². The van der Waals surface area contributed by atoms with Crippen LogP contribution >= 0.6 is 0 Å². The van der Waals surface area contributed by atoms with Crippen LogP contribution < -0.4 is 5.73 Å². The predicted molar refractivity (Wildman–Crippen MR) is 78.6 cm³/mol. The summed E-state index contributed by atoms with van der Waals surface area (Å²) in [7, 11) is 0. The second-order valence-electron chi connectivity index (χ2n) is 6.20. The number of hydrogen-bond acceptors (Lipinski definition) is 2. The van der Waals surface area contributed by atoms with Crippen LogP contribution in [0.1, 0.15) is 65.7 Å². The first-order chi connectivity index (χ1) is 8.71. The Hall–Kier alpha value is -0.0800. The molecule has 1 aliphatic rings. The maximum Gasteiger partial charge on any atom is 0.0618 e. The normalized spacial score (nSPS) is 30.3. The van der Waals surface area contributed by atoms with E-state index in [-0.39, 0.29) is 0 Å². The lowest BCUT2D eigenvalue weighted by Gasteiger charge is -2.35. The van der Waals surface area contributed by atoms with Crippen molar-refractivity contribution in [3.63, 3.8) is 0 Å². The minimum absolute atomic E-state index is 0.425. The Bertz CT molecular complexity index is 207. The summed E-state index contributed by atoms with van der Waals surface area (Å²) in [5, 5.41) is 0. The van der Waals surface area contributed by atoms with Crippen LogP contribution in [0.2, 0.25) is 0 Å². The highest BCUT2D eigenvalue weighted by Crippen LogP contribution is 2.31. The summed E-state index contributed by atoms with van der Waals surface area (Å²) in [6.07, 6.45) is 9.42. The van der Waals surface area contributed by atoms with Crippen molar-refractivity contribution >= 4 is 0 Å². The average molecular weight is 255 g/mol. The minimum atomic E-state index is 0.425. The molecule has 18 heavy (non-hydrogen) atoms. The van der Waals surface area contributed by atoms with Crippen molar-refractivity contribution in [2.24, 2.45) is 23.5 Å². The summed E-state index contributed by atoms with van der Waals surface area (Å²) < 4.78 is 6.23. The Balaban J connectivity index is 2.33. The summed E-state index contributed by atoms with van der Waals surface area (Å²) in [5.41, 5.74) is 5.88. The molecule has 0 bridgehead atoms. The number of unbranched alkanes of at least 4 members (excludes halogenated alkanes) is 1. The first-order valence-electron chi connectivity index (χ1n) is 8.02. The van der Waals surface area contributed by atoms with Crippen LogP contribution in [0, 0.1) is 17.8 Å². The molecule has 0 amide bonds. The SMILES string of the molecule is CCCCC(CC)COC1CC(C)CCC1CN. The molecule has 0 heterocycles. The van der Waals surface area contributed by atoms with Gasteiger partial charge in [-0.05, 0) is 43.6 Å².